The predicted octanol–water partition coefficient (Wildman–Crippen LogP) is 3.15. The molecule has 140 valence electrons. The zero-order valence-electron chi connectivity index (χ0n) is 15.8. The topological polar surface area (TPSA) is 71.7 Å². The van der Waals surface area contributed by atoms with Crippen molar-refractivity contribution in [3.8, 4) is 5.75 Å². The molecule has 2 N–H and O–H groups in total. The average molecular weight is 356 g/mol. The molecule has 1 heterocycles. The van der Waals surface area contributed by atoms with E-state index in [9.17, 15) is 0 Å². The molecule has 0 bridgehead atoms. The third-order valence-corrected chi connectivity index (χ3v) is 4.08. The van der Waals surface area contributed by atoms with E-state index < -0.39 is 0 Å². The summed E-state index contributed by atoms with van der Waals surface area (Å²) in [7, 11) is 1.77. The van der Waals surface area contributed by atoms with Gasteiger partial charge in [-0.25, -0.2) is 0 Å². The first-order chi connectivity index (χ1) is 12.7. The molecule has 0 aliphatic rings. The van der Waals surface area contributed by atoms with Crippen LogP contribution in [-0.4, -0.2) is 31.3 Å². The summed E-state index contributed by atoms with van der Waals surface area (Å²) in [6.07, 6.45) is 3.65. The van der Waals surface area contributed by atoms with E-state index in [1.165, 1.54) is 5.56 Å². The first-order valence-electron chi connectivity index (χ1n) is 8.83. The highest BCUT2D eigenvalue weighted by atomic mass is 16.5. The molecular formula is C20H28N4O2. The van der Waals surface area contributed by atoms with Crippen LogP contribution in [0.3, 0.4) is 0 Å². The number of guanidine groups is 1. The maximum atomic E-state index is 5.68. The Hall–Kier alpha value is -2.76. The van der Waals surface area contributed by atoms with Crippen LogP contribution in [0.25, 0.3) is 0 Å². The number of aromatic nitrogens is 1. The maximum Gasteiger partial charge on any atom is 0.191 e. The summed E-state index contributed by atoms with van der Waals surface area (Å²) in [5.74, 6) is 2.53. The molecule has 6 nitrogen and oxygen atoms in total. The zero-order chi connectivity index (χ0) is 18.8. The van der Waals surface area contributed by atoms with Crippen molar-refractivity contribution in [1.82, 2.24) is 15.8 Å². The van der Waals surface area contributed by atoms with Crippen molar-refractivity contribution in [2.24, 2.45) is 4.99 Å². The van der Waals surface area contributed by atoms with Gasteiger partial charge < -0.3 is 19.9 Å². The van der Waals surface area contributed by atoms with E-state index in [4.69, 9.17) is 9.26 Å². The lowest BCUT2D eigenvalue weighted by Gasteiger charge is -2.14. The lowest BCUT2D eigenvalue weighted by Crippen LogP contribution is -2.37. The molecule has 1 aromatic heterocycles. The van der Waals surface area contributed by atoms with Crippen LogP contribution in [0, 0.1) is 13.8 Å². The summed E-state index contributed by atoms with van der Waals surface area (Å²) < 4.78 is 10.9. The molecule has 0 saturated heterocycles. The first-order valence-corrected chi connectivity index (χ1v) is 8.83. The zero-order valence-corrected chi connectivity index (χ0v) is 15.8. The van der Waals surface area contributed by atoms with Gasteiger partial charge >= 0.3 is 0 Å². The van der Waals surface area contributed by atoms with Gasteiger partial charge in [-0.2, -0.15) is 0 Å². The maximum absolute atomic E-state index is 5.68. The van der Waals surface area contributed by atoms with E-state index in [0.717, 1.165) is 48.1 Å². The van der Waals surface area contributed by atoms with Crippen molar-refractivity contribution >= 4 is 5.96 Å². The van der Waals surface area contributed by atoms with Crippen molar-refractivity contribution in [2.75, 3.05) is 20.2 Å². The van der Waals surface area contributed by atoms with Gasteiger partial charge in [0, 0.05) is 31.3 Å². The lowest BCUT2D eigenvalue weighted by molar-refractivity contribution is 0.358. The van der Waals surface area contributed by atoms with Crippen LogP contribution in [-0.2, 0) is 13.0 Å². The van der Waals surface area contributed by atoms with E-state index in [1.54, 1.807) is 13.1 Å². The summed E-state index contributed by atoms with van der Waals surface area (Å²) in [6, 6.07) is 7.96. The highest BCUT2D eigenvalue weighted by molar-refractivity contribution is 5.79. The molecule has 1 aromatic carbocycles. The molecule has 0 spiro atoms. The van der Waals surface area contributed by atoms with Crippen molar-refractivity contribution in [1.29, 1.82) is 0 Å². The van der Waals surface area contributed by atoms with Gasteiger partial charge in [-0.15, -0.1) is 0 Å². The van der Waals surface area contributed by atoms with Gasteiger partial charge in [-0.1, -0.05) is 36.0 Å². The Labute approximate surface area is 155 Å². The van der Waals surface area contributed by atoms with Gasteiger partial charge in [0.15, 0.2) is 5.96 Å². The van der Waals surface area contributed by atoms with Crippen molar-refractivity contribution < 1.29 is 9.26 Å². The number of benzene rings is 1. The fourth-order valence-electron chi connectivity index (χ4n) is 2.67. The minimum atomic E-state index is 0.492. The molecule has 0 aliphatic heterocycles. The molecule has 0 radical (unpaired) electrons. The fourth-order valence-corrected chi connectivity index (χ4v) is 2.67. The van der Waals surface area contributed by atoms with Crippen molar-refractivity contribution in [2.45, 2.75) is 33.2 Å². The standard InChI is InChI=1S/C20H28N4O2/c1-5-13-25-19-11-7-6-9-17(19)14-23-20(21-4)22-12-8-10-18-15(2)24-26-16(18)3/h5-7,9,11H,1,8,10,12-14H2,2-4H3,(H2,21,22,23). The SMILES string of the molecule is C=CCOc1ccccc1CNC(=NC)NCCCc1c(C)noc1C. The minimum Gasteiger partial charge on any atom is -0.489 e. The van der Waals surface area contributed by atoms with Crippen LogP contribution < -0.4 is 15.4 Å². The van der Waals surface area contributed by atoms with Crippen LogP contribution in [0.15, 0.2) is 46.4 Å². The molecule has 2 rings (SSSR count). The van der Waals surface area contributed by atoms with Crippen LogP contribution in [0.2, 0.25) is 0 Å². The second-order valence-electron chi connectivity index (χ2n) is 5.97. The van der Waals surface area contributed by atoms with Gasteiger partial charge in [0.1, 0.15) is 18.1 Å². The van der Waals surface area contributed by atoms with Crippen LogP contribution in [0.4, 0.5) is 0 Å². The molecule has 0 unspecified atom stereocenters. The third-order valence-electron chi connectivity index (χ3n) is 4.08. The summed E-state index contributed by atoms with van der Waals surface area (Å²) in [6.45, 7) is 9.56. The number of hydrogen-bond acceptors (Lipinski definition) is 4. The Kier molecular flexibility index (Phi) is 7.74. The number of nitrogens with one attached hydrogen (secondary N) is 2. The molecule has 0 amide bonds. The van der Waals surface area contributed by atoms with Crippen LogP contribution in [0.5, 0.6) is 5.75 Å². The van der Waals surface area contributed by atoms with E-state index >= 15 is 0 Å². The average Bonchev–Trinajstić information content (AvgIpc) is 2.98. The second-order valence-corrected chi connectivity index (χ2v) is 5.97. The summed E-state index contributed by atoms with van der Waals surface area (Å²) in [4.78, 5) is 4.27. The largest absolute Gasteiger partial charge is 0.489 e. The van der Waals surface area contributed by atoms with Crippen LogP contribution >= 0.6 is 0 Å². The van der Waals surface area contributed by atoms with Gasteiger partial charge in [0.25, 0.3) is 0 Å². The van der Waals surface area contributed by atoms with E-state index in [1.807, 2.05) is 38.1 Å². The van der Waals surface area contributed by atoms with E-state index in [-0.39, 0.29) is 0 Å². The quantitative estimate of drug-likeness (QED) is 0.313. The lowest BCUT2D eigenvalue weighted by atomic mass is 10.1. The van der Waals surface area contributed by atoms with Gasteiger partial charge in [0.2, 0.25) is 0 Å². The van der Waals surface area contributed by atoms with Crippen molar-refractivity contribution in [3.63, 3.8) is 0 Å². The summed E-state index contributed by atoms with van der Waals surface area (Å²) in [5, 5.41) is 10.6. The Morgan fingerprint density at radius 3 is 2.81 bits per heavy atom. The molecule has 6 heteroatoms. The first kappa shape index (κ1) is 19.6. The predicted molar refractivity (Wildman–Crippen MR) is 105 cm³/mol. The molecular weight excluding hydrogens is 328 g/mol. The van der Waals surface area contributed by atoms with Gasteiger partial charge in [-0.05, 0) is 32.8 Å². The Balaban J connectivity index is 1.78. The summed E-state index contributed by atoms with van der Waals surface area (Å²) in [5.41, 5.74) is 3.25. The number of nitrogens with zero attached hydrogens (tertiary/aromatic N) is 2. The number of rotatable bonds is 9. The second kappa shape index (κ2) is 10.3. The van der Waals surface area contributed by atoms with Crippen LogP contribution in [0.1, 0.15) is 29.0 Å². The molecule has 0 fully saturated rings. The molecule has 0 aliphatic carbocycles. The van der Waals surface area contributed by atoms with Gasteiger partial charge in [0.05, 0.1) is 5.69 Å². The number of aliphatic imine (C=N–C) groups is 1. The Bertz CT molecular complexity index is 718. The summed E-state index contributed by atoms with van der Waals surface area (Å²) >= 11 is 0. The number of ether oxygens (including phenoxy) is 1. The smallest absolute Gasteiger partial charge is 0.191 e. The normalized spacial score (nSPS) is 11.3. The Morgan fingerprint density at radius 2 is 2.12 bits per heavy atom. The fraction of sp³-hybridized carbons (Fsp3) is 0.400. The molecule has 26 heavy (non-hydrogen) atoms. The number of hydrogen-bond donors (Lipinski definition) is 2. The molecule has 0 atom stereocenters. The van der Waals surface area contributed by atoms with Crippen molar-refractivity contribution in [3.05, 3.63) is 59.5 Å². The highest BCUT2D eigenvalue weighted by Crippen LogP contribution is 2.17. The van der Waals surface area contributed by atoms with Gasteiger partial charge in [-0.3, -0.25) is 4.99 Å². The monoisotopic (exact) mass is 356 g/mol. The third kappa shape index (κ3) is 5.65. The minimum absolute atomic E-state index is 0.492. The number of para-hydroxylation sites is 1. The highest BCUT2D eigenvalue weighted by Gasteiger charge is 2.08. The number of aryl methyl sites for hydroxylation is 2. The van der Waals surface area contributed by atoms with E-state index in [2.05, 4.69) is 27.4 Å². The Morgan fingerprint density at radius 1 is 1.31 bits per heavy atom. The van der Waals surface area contributed by atoms with E-state index in [0.29, 0.717) is 13.2 Å². The molecule has 0 saturated carbocycles. The molecule has 2 aromatic rings.